The SMILES string of the molecule is Clc1cc(Nc2ccc(Br)cc2Br)n2ncnc2n1. The van der Waals surface area contributed by atoms with Crippen molar-refractivity contribution in [3.05, 3.63) is 44.7 Å². The highest BCUT2D eigenvalue weighted by molar-refractivity contribution is 9.11. The van der Waals surface area contributed by atoms with Gasteiger partial charge in [0.1, 0.15) is 17.3 Å². The van der Waals surface area contributed by atoms with E-state index in [1.54, 1.807) is 10.6 Å². The van der Waals surface area contributed by atoms with Crippen LogP contribution in [0.4, 0.5) is 11.5 Å². The minimum atomic E-state index is 0.358. The fourth-order valence-electron chi connectivity index (χ4n) is 1.60. The first-order valence-electron chi connectivity index (χ1n) is 5.22. The molecule has 19 heavy (non-hydrogen) atoms. The van der Waals surface area contributed by atoms with E-state index < -0.39 is 0 Å². The van der Waals surface area contributed by atoms with Gasteiger partial charge in [0.25, 0.3) is 5.78 Å². The summed E-state index contributed by atoms with van der Waals surface area (Å²) in [7, 11) is 0. The van der Waals surface area contributed by atoms with E-state index in [0.29, 0.717) is 16.7 Å². The molecule has 0 saturated carbocycles. The first-order chi connectivity index (χ1) is 9.13. The Labute approximate surface area is 130 Å². The van der Waals surface area contributed by atoms with E-state index >= 15 is 0 Å². The van der Waals surface area contributed by atoms with Crippen molar-refractivity contribution in [2.75, 3.05) is 5.32 Å². The molecule has 0 fully saturated rings. The molecule has 5 nitrogen and oxygen atoms in total. The Bertz CT molecular complexity index is 758. The Morgan fingerprint density at radius 1 is 1.21 bits per heavy atom. The smallest absolute Gasteiger partial charge is 0.255 e. The third-order valence-electron chi connectivity index (χ3n) is 2.41. The van der Waals surface area contributed by atoms with E-state index in [1.165, 1.54) is 6.33 Å². The Morgan fingerprint density at radius 2 is 2.05 bits per heavy atom. The average molecular weight is 403 g/mol. The number of fused-ring (bicyclic) bond motifs is 1. The molecule has 0 aliphatic rings. The maximum atomic E-state index is 5.96. The van der Waals surface area contributed by atoms with E-state index in [4.69, 9.17) is 11.6 Å². The van der Waals surface area contributed by atoms with Crippen LogP contribution in [0.3, 0.4) is 0 Å². The Hall–Kier alpha value is -1.18. The summed E-state index contributed by atoms with van der Waals surface area (Å²) in [6.07, 6.45) is 1.43. The summed E-state index contributed by atoms with van der Waals surface area (Å²) in [4.78, 5) is 8.09. The van der Waals surface area contributed by atoms with E-state index in [0.717, 1.165) is 14.6 Å². The Morgan fingerprint density at radius 3 is 2.84 bits per heavy atom. The summed E-state index contributed by atoms with van der Waals surface area (Å²) in [5.41, 5.74) is 0.891. The lowest BCUT2D eigenvalue weighted by Crippen LogP contribution is -2.02. The molecule has 8 heteroatoms. The van der Waals surface area contributed by atoms with Gasteiger partial charge in [0.2, 0.25) is 0 Å². The number of anilines is 2. The topological polar surface area (TPSA) is 55.1 Å². The van der Waals surface area contributed by atoms with Gasteiger partial charge in [-0.05, 0) is 34.1 Å². The van der Waals surface area contributed by atoms with Crippen LogP contribution in [0.15, 0.2) is 39.5 Å². The molecule has 0 amide bonds. The number of nitrogens with zero attached hydrogens (tertiary/aromatic N) is 4. The summed E-state index contributed by atoms with van der Waals surface area (Å²) in [6.45, 7) is 0. The van der Waals surface area contributed by atoms with E-state index in [1.807, 2.05) is 18.2 Å². The van der Waals surface area contributed by atoms with E-state index in [-0.39, 0.29) is 0 Å². The lowest BCUT2D eigenvalue weighted by atomic mass is 10.3. The van der Waals surface area contributed by atoms with Gasteiger partial charge < -0.3 is 5.32 Å². The average Bonchev–Trinajstić information content (AvgIpc) is 2.80. The second kappa shape index (κ2) is 5.07. The van der Waals surface area contributed by atoms with Crippen LogP contribution in [0.2, 0.25) is 5.15 Å². The third kappa shape index (κ3) is 2.58. The van der Waals surface area contributed by atoms with Crippen molar-refractivity contribution < 1.29 is 0 Å². The van der Waals surface area contributed by atoms with Gasteiger partial charge >= 0.3 is 0 Å². The van der Waals surface area contributed by atoms with Crippen LogP contribution in [0.25, 0.3) is 5.78 Å². The molecule has 1 N–H and O–H groups in total. The van der Waals surface area contributed by atoms with Gasteiger partial charge in [-0.25, -0.2) is 0 Å². The van der Waals surface area contributed by atoms with Crippen molar-refractivity contribution in [2.24, 2.45) is 0 Å². The van der Waals surface area contributed by atoms with Gasteiger partial charge in [-0.3, -0.25) is 0 Å². The van der Waals surface area contributed by atoms with E-state index in [2.05, 4.69) is 52.2 Å². The summed E-state index contributed by atoms with van der Waals surface area (Å²) in [5, 5.41) is 7.70. The van der Waals surface area contributed by atoms with Gasteiger partial charge in [-0.1, -0.05) is 27.5 Å². The molecule has 2 aromatic heterocycles. The molecule has 0 saturated heterocycles. The van der Waals surface area contributed by atoms with Crippen molar-refractivity contribution in [1.29, 1.82) is 0 Å². The third-order valence-corrected chi connectivity index (χ3v) is 3.76. The minimum absolute atomic E-state index is 0.358. The molecule has 3 rings (SSSR count). The molecule has 0 aliphatic carbocycles. The maximum Gasteiger partial charge on any atom is 0.255 e. The number of benzene rings is 1. The van der Waals surface area contributed by atoms with Gasteiger partial charge in [0, 0.05) is 15.0 Å². The second-order valence-corrected chi connectivity index (χ2v) is 5.84. The normalized spacial score (nSPS) is 10.9. The highest BCUT2D eigenvalue weighted by atomic mass is 79.9. The largest absolute Gasteiger partial charge is 0.339 e. The van der Waals surface area contributed by atoms with Crippen molar-refractivity contribution in [3.63, 3.8) is 0 Å². The summed E-state index contributed by atoms with van der Waals surface area (Å²) >= 11 is 12.9. The number of hydrogen-bond donors (Lipinski definition) is 1. The van der Waals surface area contributed by atoms with Crippen molar-refractivity contribution in [1.82, 2.24) is 19.6 Å². The van der Waals surface area contributed by atoms with Gasteiger partial charge in [0.15, 0.2) is 0 Å². The first kappa shape index (κ1) is 12.8. The Balaban J connectivity index is 2.07. The van der Waals surface area contributed by atoms with Gasteiger partial charge in [-0.2, -0.15) is 19.6 Å². The molecule has 2 heterocycles. The Kier molecular flexibility index (Phi) is 3.42. The maximum absolute atomic E-state index is 5.96. The van der Waals surface area contributed by atoms with Crippen LogP contribution in [-0.4, -0.2) is 19.6 Å². The zero-order valence-electron chi connectivity index (χ0n) is 9.31. The molecule has 0 atom stereocenters. The zero-order chi connectivity index (χ0) is 13.4. The minimum Gasteiger partial charge on any atom is -0.339 e. The number of halogens is 3. The fourth-order valence-corrected chi connectivity index (χ4v) is 2.93. The van der Waals surface area contributed by atoms with Crippen LogP contribution in [-0.2, 0) is 0 Å². The van der Waals surface area contributed by atoms with Crippen LogP contribution < -0.4 is 5.32 Å². The van der Waals surface area contributed by atoms with Crippen LogP contribution in [0, 0.1) is 0 Å². The molecule has 1 aromatic carbocycles. The van der Waals surface area contributed by atoms with Gasteiger partial charge in [-0.15, -0.1) is 0 Å². The molecule has 0 aliphatic heterocycles. The van der Waals surface area contributed by atoms with Gasteiger partial charge in [0.05, 0.1) is 5.69 Å². The monoisotopic (exact) mass is 401 g/mol. The number of rotatable bonds is 2. The predicted molar refractivity (Wildman–Crippen MR) is 80.9 cm³/mol. The summed E-state index contributed by atoms with van der Waals surface area (Å²) < 4.78 is 3.49. The molecule has 3 aromatic rings. The zero-order valence-corrected chi connectivity index (χ0v) is 13.2. The molecular weight excluding hydrogens is 397 g/mol. The molecule has 0 bridgehead atoms. The highest BCUT2D eigenvalue weighted by Crippen LogP contribution is 2.29. The standard InChI is InChI=1S/C11H6Br2ClN5/c12-6-1-2-8(7(13)3-6)17-10-4-9(14)18-11-15-5-16-19(10)11/h1-5,17H. The van der Waals surface area contributed by atoms with Crippen LogP contribution >= 0.6 is 43.5 Å². The van der Waals surface area contributed by atoms with E-state index in [9.17, 15) is 0 Å². The van der Waals surface area contributed by atoms with Crippen LogP contribution in [0.5, 0.6) is 0 Å². The van der Waals surface area contributed by atoms with Crippen molar-refractivity contribution in [2.45, 2.75) is 0 Å². The second-order valence-electron chi connectivity index (χ2n) is 3.69. The van der Waals surface area contributed by atoms with Crippen molar-refractivity contribution in [3.8, 4) is 0 Å². The molecule has 0 unspecified atom stereocenters. The number of hydrogen-bond acceptors (Lipinski definition) is 4. The molecule has 96 valence electrons. The summed E-state index contributed by atoms with van der Waals surface area (Å²) in [6, 6.07) is 7.51. The molecule has 0 spiro atoms. The number of nitrogens with one attached hydrogen (secondary N) is 1. The molecule has 0 radical (unpaired) electrons. The number of aromatic nitrogens is 4. The lowest BCUT2D eigenvalue weighted by Gasteiger charge is -2.10. The first-order valence-corrected chi connectivity index (χ1v) is 7.18. The quantitative estimate of drug-likeness (QED) is 0.656. The van der Waals surface area contributed by atoms with Crippen LogP contribution in [0.1, 0.15) is 0 Å². The predicted octanol–water partition coefficient (Wildman–Crippen LogP) is 4.05. The molecular formula is C11H6Br2ClN5. The summed E-state index contributed by atoms with van der Waals surface area (Å²) in [5.74, 6) is 1.14. The van der Waals surface area contributed by atoms with Crippen molar-refractivity contribution >= 4 is 60.7 Å². The lowest BCUT2D eigenvalue weighted by molar-refractivity contribution is 0.947. The highest BCUT2D eigenvalue weighted by Gasteiger charge is 2.08. The fraction of sp³-hybridized carbons (Fsp3) is 0.